The molecular formula is C21H24ClN3O2S2. The molecule has 3 rings (SSSR count). The third kappa shape index (κ3) is 4.37. The molecule has 8 heteroatoms. The van der Waals surface area contributed by atoms with Crippen LogP contribution in [0.4, 0.5) is 5.69 Å². The zero-order valence-electron chi connectivity index (χ0n) is 17.3. The lowest BCUT2D eigenvalue weighted by Crippen LogP contribution is -2.28. The molecule has 0 saturated carbocycles. The van der Waals surface area contributed by atoms with Gasteiger partial charge in [0, 0.05) is 21.6 Å². The number of carbonyl (C=O) groups excluding carboxylic acids is 1. The van der Waals surface area contributed by atoms with Crippen molar-refractivity contribution in [3.05, 3.63) is 49.6 Å². The first-order chi connectivity index (χ1) is 13.6. The van der Waals surface area contributed by atoms with E-state index in [1.807, 2.05) is 47.6 Å². The minimum atomic E-state index is -0.440. The van der Waals surface area contributed by atoms with Crippen LogP contribution in [0.2, 0.25) is 5.02 Å². The second-order valence-electron chi connectivity index (χ2n) is 7.34. The Hall–Kier alpha value is -1.83. The number of halogens is 1. The van der Waals surface area contributed by atoms with Crippen LogP contribution in [0.15, 0.2) is 28.2 Å². The smallest absolute Gasteiger partial charge is 0.263 e. The average Bonchev–Trinajstić information content (AvgIpc) is 2.92. The van der Waals surface area contributed by atoms with Gasteiger partial charge in [0.2, 0.25) is 5.91 Å². The van der Waals surface area contributed by atoms with Crippen molar-refractivity contribution in [1.29, 1.82) is 0 Å². The lowest BCUT2D eigenvalue weighted by atomic mass is 10.2. The largest absolute Gasteiger partial charge is 0.325 e. The molecule has 0 aliphatic carbocycles. The Labute approximate surface area is 183 Å². The molecule has 1 N–H and O–H groups in total. The highest BCUT2D eigenvalue weighted by Gasteiger charge is 2.23. The summed E-state index contributed by atoms with van der Waals surface area (Å²) in [5, 5.41) is 4.29. The molecule has 0 fully saturated rings. The van der Waals surface area contributed by atoms with E-state index >= 15 is 0 Å². The molecule has 2 heterocycles. The molecule has 0 aliphatic heterocycles. The van der Waals surface area contributed by atoms with E-state index in [1.54, 1.807) is 16.7 Å². The number of carbonyl (C=O) groups is 1. The SMILES string of the molecule is Cc1ccc(Cl)cc1NC(=O)C(C)Sc1nc2sc(C)c(C)c2c(=O)n1C(C)C. The van der Waals surface area contributed by atoms with Gasteiger partial charge in [0.25, 0.3) is 5.56 Å². The molecule has 1 unspecified atom stereocenters. The van der Waals surface area contributed by atoms with Gasteiger partial charge in [-0.3, -0.25) is 14.2 Å². The Balaban J connectivity index is 1.94. The standard InChI is InChI=1S/C21H24ClN3O2S2/c1-10(2)25-20(27)17-12(4)13(5)28-19(17)24-21(25)29-14(6)18(26)23-16-9-15(22)8-7-11(16)3/h7-10,14H,1-6H3,(H,23,26). The molecule has 0 saturated heterocycles. The fourth-order valence-corrected chi connectivity index (χ4v) is 5.28. The van der Waals surface area contributed by atoms with Gasteiger partial charge in [0.05, 0.1) is 10.6 Å². The summed E-state index contributed by atoms with van der Waals surface area (Å²) in [5.41, 5.74) is 2.55. The Morgan fingerprint density at radius 3 is 2.59 bits per heavy atom. The monoisotopic (exact) mass is 449 g/mol. The van der Waals surface area contributed by atoms with Gasteiger partial charge in [-0.05, 0) is 64.8 Å². The summed E-state index contributed by atoms with van der Waals surface area (Å²) in [7, 11) is 0. The van der Waals surface area contributed by atoms with Crippen LogP contribution in [0.1, 0.15) is 42.8 Å². The maximum atomic E-state index is 13.2. The highest BCUT2D eigenvalue weighted by Crippen LogP contribution is 2.31. The molecule has 1 amide bonds. The van der Waals surface area contributed by atoms with Gasteiger partial charge < -0.3 is 5.32 Å². The Bertz CT molecular complexity index is 1150. The lowest BCUT2D eigenvalue weighted by molar-refractivity contribution is -0.115. The summed E-state index contributed by atoms with van der Waals surface area (Å²) >= 11 is 8.86. The van der Waals surface area contributed by atoms with Crippen molar-refractivity contribution < 1.29 is 4.79 Å². The maximum Gasteiger partial charge on any atom is 0.263 e. The topological polar surface area (TPSA) is 64.0 Å². The Kier molecular flexibility index (Phi) is 6.41. The summed E-state index contributed by atoms with van der Waals surface area (Å²) in [6, 6.07) is 5.32. The van der Waals surface area contributed by atoms with Crippen LogP contribution in [-0.2, 0) is 4.79 Å². The Morgan fingerprint density at radius 1 is 1.24 bits per heavy atom. The third-order valence-electron chi connectivity index (χ3n) is 4.83. The minimum absolute atomic E-state index is 0.0485. The molecular weight excluding hydrogens is 426 g/mol. The number of thioether (sulfide) groups is 1. The molecule has 154 valence electrons. The summed E-state index contributed by atoms with van der Waals surface area (Å²) in [6.07, 6.45) is 0. The summed E-state index contributed by atoms with van der Waals surface area (Å²) in [4.78, 5) is 32.5. The van der Waals surface area contributed by atoms with Crippen LogP contribution in [0.25, 0.3) is 10.2 Å². The number of nitrogens with one attached hydrogen (secondary N) is 1. The maximum absolute atomic E-state index is 13.2. The number of anilines is 1. The van der Waals surface area contributed by atoms with Crippen LogP contribution in [0, 0.1) is 20.8 Å². The van der Waals surface area contributed by atoms with E-state index in [1.165, 1.54) is 23.1 Å². The van der Waals surface area contributed by atoms with Crippen LogP contribution in [0.3, 0.4) is 0 Å². The number of amides is 1. The zero-order chi connectivity index (χ0) is 21.5. The van der Waals surface area contributed by atoms with E-state index in [4.69, 9.17) is 16.6 Å². The molecule has 0 bridgehead atoms. The van der Waals surface area contributed by atoms with Crippen molar-refractivity contribution in [1.82, 2.24) is 9.55 Å². The Morgan fingerprint density at radius 2 is 1.93 bits per heavy atom. The molecule has 0 radical (unpaired) electrons. The van der Waals surface area contributed by atoms with E-state index in [0.29, 0.717) is 21.3 Å². The predicted octanol–water partition coefficient (Wildman–Crippen LogP) is 5.74. The van der Waals surface area contributed by atoms with Gasteiger partial charge >= 0.3 is 0 Å². The van der Waals surface area contributed by atoms with Gasteiger partial charge in [-0.25, -0.2) is 4.98 Å². The van der Waals surface area contributed by atoms with Crippen LogP contribution >= 0.6 is 34.7 Å². The van der Waals surface area contributed by atoms with Gasteiger partial charge in [-0.15, -0.1) is 11.3 Å². The number of aromatic nitrogens is 2. The van der Waals surface area contributed by atoms with E-state index in [9.17, 15) is 9.59 Å². The molecule has 29 heavy (non-hydrogen) atoms. The van der Waals surface area contributed by atoms with Crippen molar-refractivity contribution in [2.45, 2.75) is 58.0 Å². The second-order valence-corrected chi connectivity index (χ2v) is 10.3. The number of hydrogen-bond donors (Lipinski definition) is 1. The van der Waals surface area contributed by atoms with Crippen LogP contribution in [-0.4, -0.2) is 20.7 Å². The van der Waals surface area contributed by atoms with Crippen LogP contribution in [0.5, 0.6) is 0 Å². The molecule has 0 spiro atoms. The third-order valence-corrected chi connectivity index (χ3v) is 7.23. The first-order valence-electron chi connectivity index (χ1n) is 9.36. The second kappa shape index (κ2) is 8.50. The summed E-state index contributed by atoms with van der Waals surface area (Å²) in [6.45, 7) is 11.6. The van der Waals surface area contributed by atoms with Gasteiger partial charge in [0.1, 0.15) is 4.83 Å². The van der Waals surface area contributed by atoms with Crippen molar-refractivity contribution >= 4 is 56.5 Å². The van der Waals surface area contributed by atoms with E-state index in [0.717, 1.165) is 20.8 Å². The quantitative estimate of drug-likeness (QED) is 0.398. The van der Waals surface area contributed by atoms with Gasteiger partial charge in [-0.2, -0.15) is 0 Å². The molecule has 1 atom stereocenters. The number of nitrogens with zero attached hydrogens (tertiary/aromatic N) is 2. The number of hydrogen-bond acceptors (Lipinski definition) is 5. The molecule has 1 aromatic carbocycles. The van der Waals surface area contributed by atoms with E-state index in [2.05, 4.69) is 5.32 Å². The number of benzene rings is 1. The highest BCUT2D eigenvalue weighted by atomic mass is 35.5. The molecule has 3 aromatic rings. The normalized spacial score (nSPS) is 12.6. The zero-order valence-corrected chi connectivity index (χ0v) is 19.7. The first kappa shape index (κ1) is 21.9. The minimum Gasteiger partial charge on any atom is -0.325 e. The molecule has 2 aromatic heterocycles. The fraction of sp³-hybridized carbons (Fsp3) is 0.381. The van der Waals surface area contributed by atoms with Crippen molar-refractivity contribution in [2.75, 3.05) is 5.32 Å². The highest BCUT2D eigenvalue weighted by molar-refractivity contribution is 8.00. The van der Waals surface area contributed by atoms with E-state index in [-0.39, 0.29) is 17.5 Å². The summed E-state index contributed by atoms with van der Waals surface area (Å²) < 4.78 is 1.68. The predicted molar refractivity (Wildman–Crippen MR) is 124 cm³/mol. The number of fused-ring (bicyclic) bond motifs is 1. The molecule has 0 aliphatic rings. The average molecular weight is 450 g/mol. The lowest BCUT2D eigenvalue weighted by Gasteiger charge is -2.18. The summed E-state index contributed by atoms with van der Waals surface area (Å²) in [5.74, 6) is -0.163. The first-order valence-corrected chi connectivity index (χ1v) is 11.4. The number of rotatable bonds is 5. The van der Waals surface area contributed by atoms with E-state index < -0.39 is 5.25 Å². The van der Waals surface area contributed by atoms with Crippen molar-refractivity contribution in [3.8, 4) is 0 Å². The van der Waals surface area contributed by atoms with Gasteiger partial charge in [0.15, 0.2) is 5.16 Å². The number of thiophene rings is 1. The molecule has 5 nitrogen and oxygen atoms in total. The van der Waals surface area contributed by atoms with Crippen molar-refractivity contribution in [2.24, 2.45) is 0 Å². The van der Waals surface area contributed by atoms with Crippen molar-refractivity contribution in [3.63, 3.8) is 0 Å². The fourth-order valence-electron chi connectivity index (χ4n) is 3.00. The van der Waals surface area contributed by atoms with Gasteiger partial charge in [-0.1, -0.05) is 29.4 Å². The number of aryl methyl sites for hydroxylation is 3. The van der Waals surface area contributed by atoms with Crippen LogP contribution < -0.4 is 10.9 Å².